The van der Waals surface area contributed by atoms with E-state index in [1.165, 1.54) is 6.42 Å². The molecule has 1 saturated heterocycles. The average molecular weight is 240 g/mol. The third kappa shape index (κ3) is 4.13. The second-order valence-electron chi connectivity index (χ2n) is 4.62. The molecule has 1 fully saturated rings. The number of carbonyl (C=O) groups is 1. The molecule has 98 valence electrons. The number of aliphatic carboxylic acids is 1. The predicted octanol–water partition coefficient (Wildman–Crippen LogP) is 1.43. The molecule has 1 rings (SSSR count). The van der Waals surface area contributed by atoms with Crippen molar-refractivity contribution in [3.63, 3.8) is 0 Å². The topological polar surface area (TPSA) is 43.8 Å². The summed E-state index contributed by atoms with van der Waals surface area (Å²) in [5.74, 6) is -0.815. The van der Waals surface area contributed by atoms with Crippen LogP contribution in [0.3, 0.4) is 0 Å². The summed E-state index contributed by atoms with van der Waals surface area (Å²) < 4.78 is 0. The van der Waals surface area contributed by atoms with Crippen LogP contribution in [-0.2, 0) is 4.79 Å². The van der Waals surface area contributed by atoms with Gasteiger partial charge in [0.2, 0.25) is 0 Å². The van der Waals surface area contributed by atoms with Gasteiger partial charge in [0.25, 0.3) is 0 Å². The van der Waals surface area contributed by atoms with Gasteiger partial charge in [-0.3, -0.25) is 9.80 Å². The van der Waals surface area contributed by atoms with Crippen LogP contribution in [-0.4, -0.2) is 59.6 Å². The fourth-order valence-corrected chi connectivity index (χ4v) is 2.37. The first kappa shape index (κ1) is 14.2. The van der Waals surface area contributed by atoms with Crippen molar-refractivity contribution >= 4 is 5.97 Å². The number of carboxylic acid groups (broad SMARTS) is 1. The zero-order valence-electron chi connectivity index (χ0n) is 11.1. The monoisotopic (exact) mass is 240 g/mol. The quantitative estimate of drug-likeness (QED) is 0.713. The smallest absolute Gasteiger partial charge is 0.330 e. The lowest BCUT2D eigenvalue weighted by atomic mass is 10.2. The molecule has 1 N–H and O–H groups in total. The number of likely N-dealkylation sites (tertiary alicyclic amines) is 1. The summed E-state index contributed by atoms with van der Waals surface area (Å²) in [4.78, 5) is 15.5. The van der Waals surface area contributed by atoms with Gasteiger partial charge in [-0.2, -0.15) is 0 Å². The van der Waals surface area contributed by atoms with E-state index in [0.717, 1.165) is 32.7 Å². The van der Waals surface area contributed by atoms with E-state index in [1.807, 2.05) is 6.08 Å². The van der Waals surface area contributed by atoms with Crippen molar-refractivity contribution in [3.8, 4) is 0 Å². The molecule has 1 atom stereocenters. The van der Waals surface area contributed by atoms with Gasteiger partial charge in [0.1, 0.15) is 0 Å². The molecule has 1 heterocycles. The van der Waals surface area contributed by atoms with Crippen LogP contribution in [0.25, 0.3) is 0 Å². The van der Waals surface area contributed by atoms with Crippen LogP contribution in [0.4, 0.5) is 0 Å². The van der Waals surface area contributed by atoms with Crippen molar-refractivity contribution < 1.29 is 9.90 Å². The number of nitrogens with zero attached hydrogens (tertiary/aromatic N) is 2. The Balaban J connectivity index is 2.40. The van der Waals surface area contributed by atoms with Crippen molar-refractivity contribution in [2.75, 3.05) is 32.7 Å². The van der Waals surface area contributed by atoms with Crippen LogP contribution in [0.2, 0.25) is 0 Å². The highest BCUT2D eigenvalue weighted by Gasteiger charge is 2.25. The minimum Gasteiger partial charge on any atom is -0.478 e. The number of rotatable bonds is 6. The Kier molecular flexibility index (Phi) is 5.65. The molecule has 0 aromatic rings. The lowest BCUT2D eigenvalue weighted by Gasteiger charge is -2.26. The van der Waals surface area contributed by atoms with E-state index >= 15 is 0 Å². The maximum Gasteiger partial charge on any atom is 0.330 e. The van der Waals surface area contributed by atoms with Gasteiger partial charge in [-0.05, 0) is 26.4 Å². The number of carboxylic acids is 1. The van der Waals surface area contributed by atoms with Gasteiger partial charge in [-0.25, -0.2) is 4.79 Å². The third-order valence-electron chi connectivity index (χ3n) is 3.57. The normalized spacial score (nSPS) is 22.4. The van der Waals surface area contributed by atoms with E-state index in [2.05, 4.69) is 23.6 Å². The Morgan fingerprint density at radius 3 is 2.65 bits per heavy atom. The first-order valence-electron chi connectivity index (χ1n) is 6.44. The molecule has 0 radical (unpaired) electrons. The van der Waals surface area contributed by atoms with E-state index < -0.39 is 5.97 Å². The molecule has 1 aliphatic heterocycles. The summed E-state index contributed by atoms with van der Waals surface area (Å²) in [7, 11) is 0. The Morgan fingerprint density at radius 1 is 1.47 bits per heavy atom. The van der Waals surface area contributed by atoms with Crippen molar-refractivity contribution in [1.29, 1.82) is 0 Å². The largest absolute Gasteiger partial charge is 0.478 e. The van der Waals surface area contributed by atoms with Crippen LogP contribution in [0.5, 0.6) is 0 Å². The van der Waals surface area contributed by atoms with Crippen molar-refractivity contribution in [2.45, 2.75) is 33.2 Å². The van der Waals surface area contributed by atoms with Crippen LogP contribution in [0, 0.1) is 0 Å². The molecule has 0 aliphatic carbocycles. The van der Waals surface area contributed by atoms with Gasteiger partial charge in [0.15, 0.2) is 0 Å². The van der Waals surface area contributed by atoms with Crippen LogP contribution in [0.15, 0.2) is 11.6 Å². The van der Waals surface area contributed by atoms with Gasteiger partial charge >= 0.3 is 5.97 Å². The number of likely N-dealkylation sites (N-methyl/N-ethyl adjacent to an activating group) is 1. The van der Waals surface area contributed by atoms with E-state index in [9.17, 15) is 4.79 Å². The highest BCUT2D eigenvalue weighted by atomic mass is 16.4. The maximum absolute atomic E-state index is 10.7. The molecule has 0 bridgehead atoms. The first-order valence-corrected chi connectivity index (χ1v) is 6.44. The summed E-state index contributed by atoms with van der Waals surface area (Å²) in [5, 5.41) is 8.78. The zero-order valence-corrected chi connectivity index (χ0v) is 11.1. The molecule has 0 amide bonds. The van der Waals surface area contributed by atoms with Gasteiger partial charge in [0, 0.05) is 31.2 Å². The Bertz CT molecular complexity index is 285. The molecule has 17 heavy (non-hydrogen) atoms. The standard InChI is InChI=1S/C13H24N2O2/c1-4-15(5-2)12-7-9-14(10-12)8-6-11(3)13(16)17/h6,12H,4-5,7-10H2,1-3H3,(H,16,17). The third-order valence-corrected chi connectivity index (χ3v) is 3.57. The summed E-state index contributed by atoms with van der Waals surface area (Å²) in [6, 6.07) is 0.642. The molecular formula is C13H24N2O2. The predicted molar refractivity (Wildman–Crippen MR) is 69.2 cm³/mol. The van der Waals surface area contributed by atoms with Crippen LogP contribution in [0.1, 0.15) is 27.2 Å². The van der Waals surface area contributed by atoms with Gasteiger partial charge in [-0.15, -0.1) is 0 Å². The number of hydrogen-bond donors (Lipinski definition) is 1. The summed E-state index contributed by atoms with van der Waals surface area (Å²) in [5.41, 5.74) is 0.441. The van der Waals surface area contributed by atoms with Gasteiger partial charge < -0.3 is 5.11 Å². The highest BCUT2D eigenvalue weighted by Crippen LogP contribution is 2.15. The van der Waals surface area contributed by atoms with Crippen molar-refractivity contribution in [1.82, 2.24) is 9.80 Å². The SMILES string of the molecule is CCN(CC)C1CCN(CC=C(C)C(=O)O)C1. The van der Waals surface area contributed by atoms with Crippen LogP contribution >= 0.6 is 0 Å². The van der Waals surface area contributed by atoms with E-state index in [0.29, 0.717) is 11.6 Å². The minimum absolute atomic E-state index is 0.441. The van der Waals surface area contributed by atoms with Crippen molar-refractivity contribution in [3.05, 3.63) is 11.6 Å². The second kappa shape index (κ2) is 6.77. The maximum atomic E-state index is 10.7. The average Bonchev–Trinajstić information content (AvgIpc) is 2.76. The highest BCUT2D eigenvalue weighted by molar-refractivity contribution is 5.85. The summed E-state index contributed by atoms with van der Waals surface area (Å²) in [6.07, 6.45) is 3.01. The Morgan fingerprint density at radius 2 is 2.12 bits per heavy atom. The molecule has 4 heteroatoms. The fraction of sp³-hybridized carbons (Fsp3) is 0.769. The van der Waals surface area contributed by atoms with E-state index in [-0.39, 0.29) is 0 Å². The van der Waals surface area contributed by atoms with E-state index in [1.54, 1.807) is 6.92 Å². The molecule has 1 aliphatic rings. The Labute approximate surface area is 104 Å². The lowest BCUT2D eigenvalue weighted by Crippen LogP contribution is -2.37. The molecule has 0 aromatic carbocycles. The first-order chi connectivity index (χ1) is 8.08. The Hall–Kier alpha value is -0.870. The molecule has 4 nitrogen and oxygen atoms in total. The molecule has 1 unspecified atom stereocenters. The number of hydrogen-bond acceptors (Lipinski definition) is 3. The van der Waals surface area contributed by atoms with Gasteiger partial charge in [-0.1, -0.05) is 19.9 Å². The molecule has 0 spiro atoms. The van der Waals surface area contributed by atoms with Gasteiger partial charge in [0.05, 0.1) is 0 Å². The molecular weight excluding hydrogens is 216 g/mol. The van der Waals surface area contributed by atoms with Crippen molar-refractivity contribution in [2.24, 2.45) is 0 Å². The molecule has 0 saturated carbocycles. The lowest BCUT2D eigenvalue weighted by molar-refractivity contribution is -0.132. The minimum atomic E-state index is -0.815. The van der Waals surface area contributed by atoms with Crippen LogP contribution < -0.4 is 0 Å². The molecule has 0 aromatic heterocycles. The fourth-order valence-electron chi connectivity index (χ4n) is 2.37. The second-order valence-corrected chi connectivity index (χ2v) is 4.62. The van der Waals surface area contributed by atoms with E-state index in [4.69, 9.17) is 5.11 Å². The summed E-state index contributed by atoms with van der Waals surface area (Å²) in [6.45, 7) is 11.1. The summed E-state index contributed by atoms with van der Waals surface area (Å²) >= 11 is 0. The zero-order chi connectivity index (χ0) is 12.8.